The van der Waals surface area contributed by atoms with Crippen molar-refractivity contribution in [2.24, 2.45) is 12.8 Å². The number of nitrogens with zero attached hydrogens (tertiary/aromatic N) is 2. The van der Waals surface area contributed by atoms with Crippen LogP contribution in [0.4, 0.5) is 0 Å². The fourth-order valence-corrected chi connectivity index (χ4v) is 2.01. The van der Waals surface area contributed by atoms with E-state index in [2.05, 4.69) is 5.10 Å². The SMILES string of the molecule is CCCC(O)(CN)c1c(Cl)cnn1C. The second-order valence-electron chi connectivity index (χ2n) is 3.45. The molecule has 0 spiro atoms. The van der Waals surface area contributed by atoms with Gasteiger partial charge in [0.25, 0.3) is 0 Å². The second kappa shape index (κ2) is 4.29. The minimum absolute atomic E-state index is 0.153. The predicted molar refractivity (Wildman–Crippen MR) is 56.1 cm³/mol. The molecule has 0 bridgehead atoms. The summed E-state index contributed by atoms with van der Waals surface area (Å²) in [5.74, 6) is 0. The second-order valence-corrected chi connectivity index (χ2v) is 3.86. The summed E-state index contributed by atoms with van der Waals surface area (Å²) in [5.41, 5.74) is 5.11. The van der Waals surface area contributed by atoms with Gasteiger partial charge in [-0.2, -0.15) is 5.10 Å². The van der Waals surface area contributed by atoms with Crippen molar-refractivity contribution in [3.63, 3.8) is 0 Å². The monoisotopic (exact) mass is 217 g/mol. The van der Waals surface area contributed by atoms with Crippen molar-refractivity contribution in [3.05, 3.63) is 16.9 Å². The Labute approximate surface area is 88.7 Å². The smallest absolute Gasteiger partial charge is 0.120 e. The zero-order valence-corrected chi connectivity index (χ0v) is 9.25. The van der Waals surface area contributed by atoms with Crippen LogP contribution < -0.4 is 5.73 Å². The van der Waals surface area contributed by atoms with E-state index >= 15 is 0 Å². The van der Waals surface area contributed by atoms with Crippen LogP contribution in [-0.4, -0.2) is 21.4 Å². The van der Waals surface area contributed by atoms with Crippen molar-refractivity contribution in [1.82, 2.24) is 9.78 Å². The lowest BCUT2D eigenvalue weighted by atomic mass is 9.94. The third-order valence-electron chi connectivity index (χ3n) is 2.34. The highest BCUT2D eigenvalue weighted by molar-refractivity contribution is 6.31. The Morgan fingerprint density at radius 1 is 1.71 bits per heavy atom. The summed E-state index contributed by atoms with van der Waals surface area (Å²) in [4.78, 5) is 0. The number of halogens is 1. The van der Waals surface area contributed by atoms with E-state index < -0.39 is 5.60 Å². The topological polar surface area (TPSA) is 64.1 Å². The Bertz CT molecular complexity index is 294. The number of aromatic nitrogens is 2. The molecule has 0 saturated heterocycles. The van der Waals surface area contributed by atoms with Gasteiger partial charge in [0.15, 0.2) is 0 Å². The minimum Gasteiger partial charge on any atom is -0.382 e. The maximum atomic E-state index is 10.3. The lowest BCUT2D eigenvalue weighted by Gasteiger charge is -2.26. The van der Waals surface area contributed by atoms with Gasteiger partial charge >= 0.3 is 0 Å². The number of aliphatic hydroxyl groups is 1. The van der Waals surface area contributed by atoms with Crippen molar-refractivity contribution in [3.8, 4) is 0 Å². The van der Waals surface area contributed by atoms with Crippen molar-refractivity contribution >= 4 is 11.6 Å². The molecule has 1 aromatic heterocycles. The minimum atomic E-state index is -1.06. The largest absolute Gasteiger partial charge is 0.382 e. The lowest BCUT2D eigenvalue weighted by molar-refractivity contribution is 0.0279. The van der Waals surface area contributed by atoms with Crippen molar-refractivity contribution in [1.29, 1.82) is 0 Å². The Morgan fingerprint density at radius 3 is 2.71 bits per heavy atom. The Kier molecular flexibility index (Phi) is 3.53. The molecule has 0 fully saturated rings. The highest BCUT2D eigenvalue weighted by atomic mass is 35.5. The summed E-state index contributed by atoms with van der Waals surface area (Å²) < 4.78 is 1.57. The van der Waals surface area contributed by atoms with E-state index in [1.54, 1.807) is 11.7 Å². The molecule has 1 unspecified atom stereocenters. The Morgan fingerprint density at radius 2 is 2.36 bits per heavy atom. The molecule has 0 aliphatic rings. The van der Waals surface area contributed by atoms with Crippen LogP contribution in [0.5, 0.6) is 0 Å². The van der Waals surface area contributed by atoms with Gasteiger partial charge in [-0.1, -0.05) is 24.9 Å². The zero-order chi connectivity index (χ0) is 10.8. The summed E-state index contributed by atoms with van der Waals surface area (Å²) in [6.07, 6.45) is 2.95. The quantitative estimate of drug-likeness (QED) is 0.792. The predicted octanol–water partition coefficient (Wildman–Crippen LogP) is 1.02. The van der Waals surface area contributed by atoms with Gasteiger partial charge in [0.05, 0.1) is 16.9 Å². The molecule has 0 aromatic carbocycles. The van der Waals surface area contributed by atoms with Crippen molar-refractivity contribution in [2.75, 3.05) is 6.54 Å². The van der Waals surface area contributed by atoms with Gasteiger partial charge in [-0.05, 0) is 6.42 Å². The van der Waals surface area contributed by atoms with Gasteiger partial charge in [0, 0.05) is 13.6 Å². The molecule has 1 atom stereocenters. The van der Waals surface area contributed by atoms with Crippen LogP contribution in [0.25, 0.3) is 0 Å². The molecule has 0 aliphatic heterocycles. The van der Waals surface area contributed by atoms with Gasteiger partial charge in [0.2, 0.25) is 0 Å². The zero-order valence-electron chi connectivity index (χ0n) is 8.50. The van der Waals surface area contributed by atoms with E-state index in [0.717, 1.165) is 6.42 Å². The van der Waals surface area contributed by atoms with Gasteiger partial charge in [-0.3, -0.25) is 4.68 Å². The van der Waals surface area contributed by atoms with Crippen molar-refractivity contribution < 1.29 is 5.11 Å². The molecule has 80 valence electrons. The first kappa shape index (κ1) is 11.5. The van der Waals surface area contributed by atoms with Crippen LogP contribution in [0.2, 0.25) is 5.02 Å². The van der Waals surface area contributed by atoms with Crippen LogP contribution in [0, 0.1) is 0 Å². The summed E-state index contributed by atoms with van der Waals surface area (Å²) in [5, 5.41) is 14.7. The molecule has 14 heavy (non-hydrogen) atoms. The molecular weight excluding hydrogens is 202 g/mol. The van der Waals surface area contributed by atoms with E-state index in [-0.39, 0.29) is 6.54 Å². The van der Waals surface area contributed by atoms with E-state index in [1.807, 2.05) is 6.92 Å². The van der Waals surface area contributed by atoms with Gasteiger partial charge in [-0.15, -0.1) is 0 Å². The first-order chi connectivity index (χ1) is 6.55. The molecule has 0 aliphatic carbocycles. The maximum absolute atomic E-state index is 10.3. The highest BCUT2D eigenvalue weighted by Crippen LogP contribution is 2.30. The molecular formula is C9H16ClN3O. The molecule has 1 heterocycles. The first-order valence-corrected chi connectivity index (χ1v) is 5.03. The van der Waals surface area contributed by atoms with Crippen LogP contribution in [0.15, 0.2) is 6.20 Å². The summed E-state index contributed by atoms with van der Waals surface area (Å²) in [7, 11) is 1.75. The van der Waals surface area contributed by atoms with E-state index in [1.165, 1.54) is 6.20 Å². The van der Waals surface area contributed by atoms with E-state index in [4.69, 9.17) is 17.3 Å². The third-order valence-corrected chi connectivity index (χ3v) is 2.61. The third kappa shape index (κ3) is 1.92. The normalized spacial score (nSPS) is 15.5. The number of aryl methyl sites for hydroxylation is 1. The molecule has 0 amide bonds. The summed E-state index contributed by atoms with van der Waals surface area (Å²) in [6, 6.07) is 0. The standard InChI is InChI=1S/C9H16ClN3O/c1-3-4-9(14,6-11)8-7(10)5-12-13(8)2/h5,14H,3-4,6,11H2,1-2H3. The fourth-order valence-electron chi connectivity index (χ4n) is 1.66. The maximum Gasteiger partial charge on any atom is 0.120 e. The molecule has 3 N–H and O–H groups in total. The van der Waals surface area contributed by atoms with Crippen LogP contribution in [0.1, 0.15) is 25.5 Å². The van der Waals surface area contributed by atoms with Crippen LogP contribution >= 0.6 is 11.6 Å². The Balaban J connectivity index is 3.11. The first-order valence-electron chi connectivity index (χ1n) is 4.65. The van der Waals surface area contributed by atoms with Crippen LogP contribution in [-0.2, 0) is 12.6 Å². The molecule has 0 radical (unpaired) electrons. The highest BCUT2D eigenvalue weighted by Gasteiger charge is 2.32. The number of nitrogens with two attached hydrogens (primary N) is 1. The number of hydrogen-bond donors (Lipinski definition) is 2. The number of hydrogen-bond acceptors (Lipinski definition) is 3. The molecule has 5 heteroatoms. The average Bonchev–Trinajstić information content (AvgIpc) is 2.47. The average molecular weight is 218 g/mol. The fraction of sp³-hybridized carbons (Fsp3) is 0.667. The molecule has 4 nitrogen and oxygen atoms in total. The van der Waals surface area contributed by atoms with Gasteiger partial charge in [0.1, 0.15) is 5.60 Å². The molecule has 0 saturated carbocycles. The summed E-state index contributed by atoms with van der Waals surface area (Å²) in [6.45, 7) is 2.14. The molecule has 1 aromatic rings. The van der Waals surface area contributed by atoms with E-state index in [9.17, 15) is 5.11 Å². The van der Waals surface area contributed by atoms with E-state index in [0.29, 0.717) is 17.1 Å². The summed E-state index contributed by atoms with van der Waals surface area (Å²) >= 11 is 5.95. The Hall–Kier alpha value is -0.580. The lowest BCUT2D eigenvalue weighted by Crippen LogP contribution is -2.37. The van der Waals surface area contributed by atoms with Crippen molar-refractivity contribution in [2.45, 2.75) is 25.4 Å². The number of rotatable bonds is 4. The van der Waals surface area contributed by atoms with Gasteiger partial charge < -0.3 is 10.8 Å². The molecule has 1 rings (SSSR count). The van der Waals surface area contributed by atoms with Crippen LogP contribution in [0.3, 0.4) is 0 Å². The van der Waals surface area contributed by atoms with Gasteiger partial charge in [-0.25, -0.2) is 0 Å².